The lowest BCUT2D eigenvalue weighted by Crippen LogP contribution is -2.24. The molecule has 0 atom stereocenters. The Labute approximate surface area is 113 Å². The maximum atomic E-state index is 11.7. The molecule has 3 nitrogen and oxygen atoms in total. The largest absolute Gasteiger partial charge is 0.381 e. The Morgan fingerprint density at radius 3 is 2.78 bits per heavy atom. The summed E-state index contributed by atoms with van der Waals surface area (Å²) in [5.74, 6) is 0.214. The standard InChI is InChI=1S/C14H22O3S/c1-14(2,16-3)8-10-17-9-4-6-12(15)13-7-5-11-18-13/h5,7,11H,4,6,8-10H2,1-3H3. The van der Waals surface area contributed by atoms with Gasteiger partial charge in [0.25, 0.3) is 0 Å². The molecule has 1 aromatic rings. The Bertz CT molecular complexity index is 344. The molecule has 0 radical (unpaired) electrons. The first-order valence-electron chi connectivity index (χ1n) is 6.25. The highest BCUT2D eigenvalue weighted by Crippen LogP contribution is 2.14. The van der Waals surface area contributed by atoms with Gasteiger partial charge in [-0.05, 0) is 38.1 Å². The lowest BCUT2D eigenvalue weighted by molar-refractivity contribution is -0.0101. The number of carbonyl (C=O) groups excluding carboxylic acids is 1. The Hall–Kier alpha value is -0.710. The molecule has 4 heteroatoms. The highest BCUT2D eigenvalue weighted by Gasteiger charge is 2.15. The third-order valence-corrected chi connectivity index (χ3v) is 3.80. The molecule has 1 aromatic heterocycles. The second-order valence-corrected chi connectivity index (χ2v) is 5.78. The molecule has 0 bridgehead atoms. The van der Waals surface area contributed by atoms with Gasteiger partial charge in [0.2, 0.25) is 0 Å². The van der Waals surface area contributed by atoms with Crippen LogP contribution in [-0.2, 0) is 9.47 Å². The van der Waals surface area contributed by atoms with Gasteiger partial charge in [-0.1, -0.05) is 6.07 Å². The van der Waals surface area contributed by atoms with Crippen molar-refractivity contribution in [1.29, 1.82) is 0 Å². The molecule has 0 amide bonds. The molecule has 102 valence electrons. The van der Waals surface area contributed by atoms with Gasteiger partial charge in [0.05, 0.1) is 10.5 Å². The summed E-state index contributed by atoms with van der Waals surface area (Å²) in [5.41, 5.74) is -0.132. The van der Waals surface area contributed by atoms with Crippen molar-refractivity contribution in [2.45, 2.75) is 38.7 Å². The SMILES string of the molecule is COC(C)(C)CCOCCCC(=O)c1cccs1. The van der Waals surface area contributed by atoms with Gasteiger partial charge in [0, 0.05) is 26.7 Å². The molecule has 0 aliphatic rings. The lowest BCUT2D eigenvalue weighted by Gasteiger charge is -2.22. The highest BCUT2D eigenvalue weighted by molar-refractivity contribution is 7.12. The smallest absolute Gasteiger partial charge is 0.172 e. The van der Waals surface area contributed by atoms with E-state index in [0.717, 1.165) is 17.7 Å². The van der Waals surface area contributed by atoms with Crippen molar-refractivity contribution in [3.05, 3.63) is 22.4 Å². The van der Waals surface area contributed by atoms with E-state index in [9.17, 15) is 4.79 Å². The minimum Gasteiger partial charge on any atom is -0.381 e. The van der Waals surface area contributed by atoms with Crippen molar-refractivity contribution in [2.75, 3.05) is 20.3 Å². The summed E-state index contributed by atoms with van der Waals surface area (Å²) in [6, 6.07) is 3.77. The van der Waals surface area contributed by atoms with Gasteiger partial charge >= 0.3 is 0 Å². The molecule has 0 unspecified atom stereocenters. The summed E-state index contributed by atoms with van der Waals surface area (Å²) in [4.78, 5) is 12.5. The van der Waals surface area contributed by atoms with Gasteiger partial charge < -0.3 is 9.47 Å². The first kappa shape index (κ1) is 15.3. The Balaban J connectivity index is 2.04. The molecule has 0 saturated carbocycles. The number of carbonyl (C=O) groups is 1. The van der Waals surface area contributed by atoms with Gasteiger partial charge in [0.15, 0.2) is 5.78 Å². The molecule has 18 heavy (non-hydrogen) atoms. The number of hydrogen-bond acceptors (Lipinski definition) is 4. The first-order valence-corrected chi connectivity index (χ1v) is 7.13. The molecule has 1 heterocycles. The van der Waals surface area contributed by atoms with Crippen molar-refractivity contribution >= 4 is 17.1 Å². The van der Waals surface area contributed by atoms with Crippen molar-refractivity contribution in [2.24, 2.45) is 0 Å². The van der Waals surface area contributed by atoms with Crippen LogP contribution in [0.1, 0.15) is 42.8 Å². The minimum atomic E-state index is -0.132. The van der Waals surface area contributed by atoms with Crippen LogP contribution in [0.15, 0.2) is 17.5 Å². The fourth-order valence-electron chi connectivity index (χ4n) is 1.42. The maximum absolute atomic E-state index is 11.7. The topological polar surface area (TPSA) is 35.5 Å². The number of thiophene rings is 1. The second-order valence-electron chi connectivity index (χ2n) is 4.83. The van der Waals surface area contributed by atoms with Crippen LogP contribution in [0.4, 0.5) is 0 Å². The quantitative estimate of drug-likeness (QED) is 0.508. The summed E-state index contributed by atoms with van der Waals surface area (Å²) in [6.45, 7) is 5.39. The zero-order valence-electron chi connectivity index (χ0n) is 11.4. The summed E-state index contributed by atoms with van der Waals surface area (Å²) >= 11 is 1.50. The van der Waals surface area contributed by atoms with E-state index in [0.29, 0.717) is 19.6 Å². The monoisotopic (exact) mass is 270 g/mol. The van der Waals surface area contributed by atoms with Crippen molar-refractivity contribution < 1.29 is 14.3 Å². The number of ether oxygens (including phenoxy) is 2. The zero-order valence-corrected chi connectivity index (χ0v) is 12.2. The minimum absolute atomic E-state index is 0.132. The van der Waals surface area contributed by atoms with Gasteiger partial charge in [-0.2, -0.15) is 0 Å². The van der Waals surface area contributed by atoms with Gasteiger partial charge in [-0.25, -0.2) is 0 Å². The highest BCUT2D eigenvalue weighted by atomic mass is 32.1. The second kappa shape index (κ2) is 7.67. The molecule has 0 aliphatic heterocycles. The number of methoxy groups -OCH3 is 1. The van der Waals surface area contributed by atoms with Crippen molar-refractivity contribution in [3.8, 4) is 0 Å². The average molecular weight is 270 g/mol. The Morgan fingerprint density at radius 1 is 1.39 bits per heavy atom. The predicted octanol–water partition coefficient (Wildman–Crippen LogP) is 3.54. The molecule has 0 N–H and O–H groups in total. The number of Topliss-reactive ketones (excluding diaryl/α,β-unsaturated/α-hetero) is 1. The lowest BCUT2D eigenvalue weighted by atomic mass is 10.1. The van der Waals surface area contributed by atoms with E-state index in [-0.39, 0.29) is 11.4 Å². The molecule has 0 spiro atoms. The zero-order chi connectivity index (χ0) is 13.4. The normalized spacial score (nSPS) is 11.7. The summed E-state index contributed by atoms with van der Waals surface area (Å²) in [6.07, 6.45) is 2.21. The Kier molecular flexibility index (Phi) is 6.54. The molecule has 0 aliphatic carbocycles. The van der Waals surface area contributed by atoms with E-state index in [1.54, 1.807) is 7.11 Å². The van der Waals surface area contributed by atoms with Crippen LogP contribution >= 0.6 is 11.3 Å². The van der Waals surface area contributed by atoms with Gasteiger partial charge in [-0.3, -0.25) is 4.79 Å². The van der Waals surface area contributed by atoms with Crippen molar-refractivity contribution in [3.63, 3.8) is 0 Å². The summed E-state index contributed by atoms with van der Waals surface area (Å²) in [5, 5.41) is 1.93. The molecular weight excluding hydrogens is 248 g/mol. The van der Waals surface area contributed by atoms with E-state index in [2.05, 4.69) is 0 Å². The number of rotatable bonds is 9. The van der Waals surface area contributed by atoms with Crippen LogP contribution in [0.5, 0.6) is 0 Å². The van der Waals surface area contributed by atoms with E-state index < -0.39 is 0 Å². The van der Waals surface area contributed by atoms with Crippen LogP contribution in [0.25, 0.3) is 0 Å². The van der Waals surface area contributed by atoms with Gasteiger partial charge in [0.1, 0.15) is 0 Å². The third kappa shape index (κ3) is 5.76. The van der Waals surface area contributed by atoms with E-state index in [4.69, 9.17) is 9.47 Å². The molecular formula is C14H22O3S. The van der Waals surface area contributed by atoms with Crippen LogP contribution < -0.4 is 0 Å². The Morgan fingerprint density at radius 2 is 2.17 bits per heavy atom. The molecule has 0 aromatic carbocycles. The predicted molar refractivity (Wildman–Crippen MR) is 74.4 cm³/mol. The third-order valence-electron chi connectivity index (χ3n) is 2.89. The summed E-state index contributed by atoms with van der Waals surface area (Å²) < 4.78 is 10.8. The van der Waals surface area contributed by atoms with Crippen LogP contribution in [0.3, 0.4) is 0 Å². The number of ketones is 1. The molecule has 0 saturated heterocycles. The maximum Gasteiger partial charge on any atom is 0.172 e. The van der Waals surface area contributed by atoms with Crippen LogP contribution in [0, 0.1) is 0 Å². The van der Waals surface area contributed by atoms with E-state index in [1.807, 2.05) is 31.4 Å². The van der Waals surface area contributed by atoms with E-state index >= 15 is 0 Å². The fourth-order valence-corrected chi connectivity index (χ4v) is 2.11. The van der Waals surface area contributed by atoms with E-state index in [1.165, 1.54) is 11.3 Å². The fraction of sp³-hybridized carbons (Fsp3) is 0.643. The van der Waals surface area contributed by atoms with Crippen molar-refractivity contribution in [1.82, 2.24) is 0 Å². The van der Waals surface area contributed by atoms with Gasteiger partial charge in [-0.15, -0.1) is 11.3 Å². The van der Waals surface area contributed by atoms with Crippen LogP contribution in [0.2, 0.25) is 0 Å². The average Bonchev–Trinajstić information content (AvgIpc) is 2.87. The summed E-state index contributed by atoms with van der Waals surface area (Å²) in [7, 11) is 1.71. The molecule has 0 fully saturated rings. The number of hydrogen-bond donors (Lipinski definition) is 0. The van der Waals surface area contributed by atoms with Crippen LogP contribution in [-0.4, -0.2) is 31.7 Å². The first-order chi connectivity index (χ1) is 8.55. The molecule has 1 rings (SSSR count).